The Kier molecular flexibility index (Phi) is 6.73. The average Bonchev–Trinajstić information content (AvgIpc) is 3.28. The van der Waals surface area contributed by atoms with E-state index in [9.17, 15) is 0 Å². The standard InChI is InChI=1S/C18H26N6O/c1-4-23(5-2)14-16-6-7-17(25-16)22(3)10-11-24-9-8-21-18(24)15(12-19)13-20/h6-7,21H,4-5,8-11,14H2,1-3H3. The van der Waals surface area contributed by atoms with Crippen LogP contribution in [0.1, 0.15) is 19.6 Å². The summed E-state index contributed by atoms with van der Waals surface area (Å²) in [6.45, 7) is 10.1. The predicted octanol–water partition coefficient (Wildman–Crippen LogP) is 1.72. The van der Waals surface area contributed by atoms with Crippen LogP contribution in [0.15, 0.2) is 27.9 Å². The van der Waals surface area contributed by atoms with Crippen LogP contribution in [0.25, 0.3) is 0 Å². The van der Waals surface area contributed by atoms with Gasteiger partial charge < -0.3 is 19.5 Å². The highest BCUT2D eigenvalue weighted by atomic mass is 16.4. The van der Waals surface area contributed by atoms with E-state index in [1.165, 1.54) is 0 Å². The minimum Gasteiger partial charge on any atom is -0.444 e. The number of likely N-dealkylation sites (N-methyl/N-ethyl adjacent to an activating group) is 1. The minimum absolute atomic E-state index is 0.139. The Hall–Kier alpha value is -2.64. The molecule has 1 saturated heterocycles. The Labute approximate surface area is 149 Å². The lowest BCUT2D eigenvalue weighted by Gasteiger charge is -2.23. The van der Waals surface area contributed by atoms with Crippen molar-refractivity contribution in [2.24, 2.45) is 0 Å². The van der Waals surface area contributed by atoms with Crippen LogP contribution in [-0.2, 0) is 6.54 Å². The first-order valence-corrected chi connectivity index (χ1v) is 8.68. The molecule has 2 rings (SSSR count). The van der Waals surface area contributed by atoms with Gasteiger partial charge in [0.25, 0.3) is 0 Å². The van der Waals surface area contributed by atoms with Crippen LogP contribution in [0, 0.1) is 22.7 Å². The van der Waals surface area contributed by atoms with Gasteiger partial charge >= 0.3 is 0 Å². The molecule has 2 heterocycles. The van der Waals surface area contributed by atoms with Gasteiger partial charge in [-0.25, -0.2) is 0 Å². The highest BCUT2D eigenvalue weighted by Gasteiger charge is 2.21. The van der Waals surface area contributed by atoms with E-state index in [1.807, 2.05) is 36.2 Å². The summed E-state index contributed by atoms with van der Waals surface area (Å²) in [6.07, 6.45) is 0. The van der Waals surface area contributed by atoms with Gasteiger partial charge in [-0.2, -0.15) is 10.5 Å². The molecule has 0 bridgehead atoms. The molecule has 1 fully saturated rings. The monoisotopic (exact) mass is 342 g/mol. The zero-order valence-electron chi connectivity index (χ0n) is 15.2. The summed E-state index contributed by atoms with van der Waals surface area (Å²) in [5.41, 5.74) is 0.139. The molecule has 0 aliphatic carbocycles. The van der Waals surface area contributed by atoms with E-state index in [1.54, 1.807) is 0 Å². The molecule has 25 heavy (non-hydrogen) atoms. The fourth-order valence-corrected chi connectivity index (χ4v) is 2.84. The minimum atomic E-state index is 0.139. The molecule has 0 atom stereocenters. The van der Waals surface area contributed by atoms with E-state index in [0.717, 1.165) is 57.5 Å². The van der Waals surface area contributed by atoms with E-state index < -0.39 is 0 Å². The van der Waals surface area contributed by atoms with Gasteiger partial charge in [0, 0.05) is 39.3 Å². The Balaban J connectivity index is 1.94. The molecule has 0 radical (unpaired) electrons. The highest BCUT2D eigenvalue weighted by molar-refractivity contribution is 5.40. The van der Waals surface area contributed by atoms with Gasteiger partial charge in [-0.05, 0) is 19.2 Å². The average molecular weight is 342 g/mol. The highest BCUT2D eigenvalue weighted by Crippen LogP contribution is 2.19. The Morgan fingerprint density at radius 1 is 1.28 bits per heavy atom. The number of hydrogen-bond acceptors (Lipinski definition) is 7. The largest absolute Gasteiger partial charge is 0.444 e. The topological polar surface area (TPSA) is 82.5 Å². The lowest BCUT2D eigenvalue weighted by atomic mass is 10.3. The van der Waals surface area contributed by atoms with Crippen molar-refractivity contribution in [3.05, 3.63) is 29.3 Å². The van der Waals surface area contributed by atoms with Crippen LogP contribution in [0.4, 0.5) is 5.88 Å². The molecule has 0 unspecified atom stereocenters. The molecule has 1 aliphatic rings. The summed E-state index contributed by atoms with van der Waals surface area (Å²) in [4.78, 5) is 6.40. The van der Waals surface area contributed by atoms with E-state index >= 15 is 0 Å². The molecule has 1 N–H and O–H groups in total. The van der Waals surface area contributed by atoms with Crippen LogP contribution < -0.4 is 10.2 Å². The quantitative estimate of drug-likeness (QED) is 0.720. The molecule has 1 aliphatic heterocycles. The van der Waals surface area contributed by atoms with Crippen LogP contribution in [0.2, 0.25) is 0 Å². The van der Waals surface area contributed by atoms with E-state index in [4.69, 9.17) is 14.9 Å². The smallest absolute Gasteiger partial charge is 0.195 e. The zero-order valence-corrected chi connectivity index (χ0v) is 15.2. The van der Waals surface area contributed by atoms with Gasteiger partial charge in [-0.1, -0.05) is 13.8 Å². The zero-order chi connectivity index (χ0) is 18.2. The van der Waals surface area contributed by atoms with Crippen molar-refractivity contribution < 1.29 is 4.42 Å². The Morgan fingerprint density at radius 3 is 2.64 bits per heavy atom. The molecule has 7 heteroatoms. The third-order valence-electron chi connectivity index (χ3n) is 4.45. The number of furan rings is 1. The van der Waals surface area contributed by atoms with E-state index in [-0.39, 0.29) is 5.57 Å². The van der Waals surface area contributed by atoms with E-state index in [0.29, 0.717) is 5.82 Å². The maximum Gasteiger partial charge on any atom is 0.195 e. The van der Waals surface area contributed by atoms with Crippen LogP contribution >= 0.6 is 0 Å². The number of nitriles is 2. The van der Waals surface area contributed by atoms with Gasteiger partial charge in [0.2, 0.25) is 0 Å². The van der Waals surface area contributed by atoms with Crippen molar-refractivity contribution >= 4 is 5.88 Å². The van der Waals surface area contributed by atoms with Gasteiger partial charge in [0.05, 0.1) is 6.54 Å². The number of anilines is 1. The molecule has 134 valence electrons. The first-order valence-electron chi connectivity index (χ1n) is 8.68. The van der Waals surface area contributed by atoms with Crippen molar-refractivity contribution in [1.29, 1.82) is 10.5 Å². The molecule has 7 nitrogen and oxygen atoms in total. The summed E-state index contributed by atoms with van der Waals surface area (Å²) < 4.78 is 5.94. The predicted molar refractivity (Wildman–Crippen MR) is 96.4 cm³/mol. The lowest BCUT2D eigenvalue weighted by Crippen LogP contribution is -2.32. The molecular weight excluding hydrogens is 316 g/mol. The molecule has 0 aromatic carbocycles. The number of nitrogens with zero attached hydrogens (tertiary/aromatic N) is 5. The molecule has 0 spiro atoms. The summed E-state index contributed by atoms with van der Waals surface area (Å²) in [7, 11) is 1.99. The molecule has 0 saturated carbocycles. The van der Waals surface area contributed by atoms with E-state index in [2.05, 4.69) is 29.0 Å². The number of nitrogens with one attached hydrogen (secondary N) is 1. The summed E-state index contributed by atoms with van der Waals surface area (Å²) in [5, 5.41) is 21.2. The van der Waals surface area contributed by atoms with Gasteiger partial charge in [0.15, 0.2) is 11.5 Å². The normalized spacial score (nSPS) is 13.5. The maximum atomic E-state index is 9.05. The summed E-state index contributed by atoms with van der Waals surface area (Å²) >= 11 is 0. The van der Waals surface area contributed by atoms with Gasteiger partial charge in [0.1, 0.15) is 23.7 Å². The third-order valence-corrected chi connectivity index (χ3v) is 4.45. The van der Waals surface area contributed by atoms with Crippen molar-refractivity contribution in [1.82, 2.24) is 15.1 Å². The number of rotatable bonds is 8. The number of hydrogen-bond donors (Lipinski definition) is 1. The molecular formula is C18H26N6O. The van der Waals surface area contributed by atoms with Crippen molar-refractivity contribution in [3.63, 3.8) is 0 Å². The lowest BCUT2D eigenvalue weighted by molar-refractivity contribution is 0.269. The second-order valence-corrected chi connectivity index (χ2v) is 5.98. The van der Waals surface area contributed by atoms with Crippen LogP contribution in [0.3, 0.4) is 0 Å². The fourth-order valence-electron chi connectivity index (χ4n) is 2.84. The maximum absolute atomic E-state index is 9.05. The van der Waals surface area contributed by atoms with Crippen LogP contribution in [0.5, 0.6) is 0 Å². The molecule has 1 aromatic heterocycles. The second kappa shape index (κ2) is 9.00. The van der Waals surface area contributed by atoms with Gasteiger partial charge in [-0.3, -0.25) is 4.90 Å². The SMILES string of the molecule is CCN(CC)Cc1ccc(N(C)CCN2CCNC2=C(C#N)C#N)o1. The first kappa shape index (κ1) is 18.7. The second-order valence-electron chi connectivity index (χ2n) is 5.98. The first-order chi connectivity index (χ1) is 12.1. The molecule has 0 amide bonds. The molecule has 1 aromatic rings. The fraction of sp³-hybridized carbons (Fsp3) is 0.556. The summed E-state index contributed by atoms with van der Waals surface area (Å²) in [5.74, 6) is 2.44. The van der Waals surface area contributed by atoms with Crippen molar-refractivity contribution in [2.45, 2.75) is 20.4 Å². The number of allylic oxidation sites excluding steroid dienone is 1. The summed E-state index contributed by atoms with van der Waals surface area (Å²) in [6, 6.07) is 7.92. The Bertz CT molecular complexity index is 660. The Morgan fingerprint density at radius 2 is 2.00 bits per heavy atom. The van der Waals surface area contributed by atoms with Crippen LogP contribution in [-0.4, -0.2) is 56.1 Å². The van der Waals surface area contributed by atoms with Crippen molar-refractivity contribution in [3.8, 4) is 12.1 Å². The van der Waals surface area contributed by atoms with Gasteiger partial charge in [-0.15, -0.1) is 0 Å². The van der Waals surface area contributed by atoms with Crippen molar-refractivity contribution in [2.75, 3.05) is 51.2 Å². The third kappa shape index (κ3) is 4.68.